The summed E-state index contributed by atoms with van der Waals surface area (Å²) in [7, 11) is -8.34. The monoisotopic (exact) mass is 488 g/mol. The molecule has 0 spiro atoms. The maximum atomic E-state index is 14.5. The van der Waals surface area contributed by atoms with Crippen LogP contribution in [-0.2, 0) is 13.7 Å². The minimum atomic E-state index is -5.04. The third-order valence-electron chi connectivity index (χ3n) is 4.76. The highest BCUT2D eigenvalue weighted by Crippen LogP contribution is 2.72. The smallest absolute Gasteiger partial charge is 0.313 e. The van der Waals surface area contributed by atoms with Crippen molar-refractivity contribution in [3.63, 3.8) is 0 Å². The van der Waals surface area contributed by atoms with E-state index in [1.165, 1.54) is 12.1 Å². The lowest BCUT2D eigenvalue weighted by molar-refractivity contribution is 0.439. The van der Waals surface area contributed by atoms with E-state index in [2.05, 4.69) is 0 Å². The molecule has 4 aromatic carbocycles. The quantitative estimate of drug-likeness (QED) is 0.349. The van der Waals surface area contributed by atoms with E-state index in [4.69, 9.17) is 3.63 Å². The van der Waals surface area contributed by atoms with Crippen molar-refractivity contribution in [2.45, 2.75) is 19.6 Å². The van der Waals surface area contributed by atoms with E-state index in [9.17, 15) is 27.4 Å². The zero-order valence-corrected chi connectivity index (χ0v) is 18.6. The lowest BCUT2D eigenvalue weighted by Crippen LogP contribution is -2.16. The van der Waals surface area contributed by atoms with Crippen LogP contribution in [0.25, 0.3) is 0 Å². The van der Waals surface area contributed by atoms with Crippen LogP contribution in [0.15, 0.2) is 117 Å². The lowest BCUT2D eigenvalue weighted by atomic mass is 10.3. The van der Waals surface area contributed by atoms with Crippen LogP contribution in [0.4, 0.5) is 8.78 Å². The minimum Gasteiger partial charge on any atom is -0.508 e. The molecule has 0 aromatic heterocycles. The van der Waals surface area contributed by atoms with Crippen molar-refractivity contribution in [2.75, 3.05) is 0 Å². The molecule has 0 aliphatic carbocycles. The molecule has 4 rings (SSSR count). The van der Waals surface area contributed by atoms with Crippen molar-refractivity contribution in [3.8, 4) is 11.5 Å². The predicted octanol–water partition coefficient (Wildman–Crippen LogP) is 5.98. The van der Waals surface area contributed by atoms with E-state index in [1.807, 2.05) is 0 Å². The molecule has 5 nitrogen and oxygen atoms in total. The summed E-state index contributed by atoms with van der Waals surface area (Å²) in [5.74, 6) is -3.31. The summed E-state index contributed by atoms with van der Waals surface area (Å²) in [6.07, 6.45) is 0. The average molecular weight is 489 g/mol. The summed E-state index contributed by atoms with van der Waals surface area (Å²) < 4.78 is 61.5. The molecule has 0 heterocycles. The second-order valence-corrected chi connectivity index (χ2v) is 11.3. The fourth-order valence-corrected chi connectivity index (χ4v) is 8.72. The standard InChI is InChI=1S/C24H18F2O5S2/c25-20-12-7-13-21(26)24(20)33(29,30)31-32(18-8-3-1-4-9-18,19-10-5-2-6-11-19)23-15-14-17(27)16-22(23)28/h1-16,27-28H. The van der Waals surface area contributed by atoms with Gasteiger partial charge in [0.15, 0.2) is 4.90 Å². The molecule has 0 saturated carbocycles. The van der Waals surface area contributed by atoms with E-state index in [-0.39, 0.29) is 10.6 Å². The SMILES string of the molecule is O=S(=O)(OS(c1ccccc1)(c1ccccc1)c1ccc(O)cc1O)c1c(F)cccc1F. The van der Waals surface area contributed by atoms with E-state index in [1.54, 1.807) is 60.7 Å². The Bertz CT molecular complexity index is 1340. The molecule has 0 bridgehead atoms. The summed E-state index contributed by atoms with van der Waals surface area (Å²) in [4.78, 5) is -0.514. The van der Waals surface area contributed by atoms with Crippen LogP contribution in [0.5, 0.6) is 11.5 Å². The van der Waals surface area contributed by atoms with Crippen molar-refractivity contribution in [3.05, 3.63) is 109 Å². The number of rotatable bonds is 6. The summed E-state index contributed by atoms with van der Waals surface area (Å²) in [6.45, 7) is 0. The molecule has 0 amide bonds. The molecule has 0 unspecified atom stereocenters. The van der Waals surface area contributed by atoms with E-state index in [0.29, 0.717) is 9.79 Å². The van der Waals surface area contributed by atoms with Gasteiger partial charge in [-0.05, 0) is 58.8 Å². The van der Waals surface area contributed by atoms with Crippen molar-refractivity contribution in [2.24, 2.45) is 0 Å². The Morgan fingerprint density at radius 1 is 0.667 bits per heavy atom. The van der Waals surface area contributed by atoms with E-state index >= 15 is 0 Å². The second kappa shape index (κ2) is 8.86. The van der Waals surface area contributed by atoms with E-state index < -0.39 is 42.7 Å². The fourth-order valence-electron chi connectivity index (χ4n) is 3.37. The predicted molar refractivity (Wildman–Crippen MR) is 120 cm³/mol. The van der Waals surface area contributed by atoms with Gasteiger partial charge in [0.2, 0.25) is 0 Å². The van der Waals surface area contributed by atoms with Gasteiger partial charge in [-0.3, -0.25) is 0 Å². The third kappa shape index (κ3) is 4.18. The first kappa shape index (κ1) is 22.8. The highest BCUT2D eigenvalue weighted by Gasteiger charge is 2.41. The number of aromatic hydroxyl groups is 2. The van der Waals surface area contributed by atoms with Gasteiger partial charge in [0, 0.05) is 15.9 Å². The summed E-state index contributed by atoms with van der Waals surface area (Å²) >= 11 is 0. The molecular weight excluding hydrogens is 470 g/mol. The Morgan fingerprint density at radius 3 is 1.67 bits per heavy atom. The fraction of sp³-hybridized carbons (Fsp3) is 0. The van der Waals surface area contributed by atoms with Gasteiger partial charge in [0.25, 0.3) is 0 Å². The Hall–Kier alpha value is -3.40. The average Bonchev–Trinajstić information content (AvgIpc) is 2.79. The molecule has 2 N–H and O–H groups in total. The summed E-state index contributed by atoms with van der Waals surface area (Å²) in [5.41, 5.74) is 0. The third-order valence-corrected chi connectivity index (χ3v) is 10.0. The first-order valence-electron chi connectivity index (χ1n) is 9.61. The first-order valence-corrected chi connectivity index (χ1v) is 12.6. The Balaban J connectivity index is 2.08. The summed E-state index contributed by atoms with van der Waals surface area (Å²) in [5, 5.41) is 20.6. The topological polar surface area (TPSA) is 83.8 Å². The normalized spacial score (nSPS) is 12.4. The van der Waals surface area contributed by atoms with Gasteiger partial charge in [-0.25, -0.2) is 12.4 Å². The highest BCUT2D eigenvalue weighted by atomic mass is 32.3. The number of benzene rings is 4. The molecule has 0 aliphatic rings. The zero-order valence-electron chi connectivity index (χ0n) is 16.9. The van der Waals surface area contributed by atoms with Crippen LogP contribution in [-0.4, -0.2) is 18.6 Å². The zero-order chi connectivity index (χ0) is 23.6. The molecule has 0 aliphatic heterocycles. The number of hydrogen-bond acceptors (Lipinski definition) is 5. The number of hydrogen-bond donors (Lipinski definition) is 2. The Morgan fingerprint density at radius 2 is 1.18 bits per heavy atom. The van der Waals surface area contributed by atoms with Crippen LogP contribution in [0.2, 0.25) is 0 Å². The van der Waals surface area contributed by atoms with Crippen LogP contribution >= 0.6 is 10.3 Å². The molecule has 0 saturated heterocycles. The first-order chi connectivity index (χ1) is 15.8. The lowest BCUT2D eigenvalue weighted by Gasteiger charge is -2.39. The maximum absolute atomic E-state index is 14.5. The minimum absolute atomic E-state index is 0.0259. The summed E-state index contributed by atoms with van der Waals surface area (Å²) in [6, 6.07) is 22.7. The van der Waals surface area contributed by atoms with E-state index in [0.717, 1.165) is 24.3 Å². The maximum Gasteiger partial charge on any atom is 0.313 e. The van der Waals surface area contributed by atoms with Gasteiger partial charge in [-0.2, -0.15) is 8.42 Å². The Labute approximate surface area is 191 Å². The molecule has 4 aromatic rings. The molecule has 0 radical (unpaired) electrons. The van der Waals surface area contributed by atoms with Gasteiger partial charge >= 0.3 is 10.1 Å². The van der Waals surface area contributed by atoms with Gasteiger partial charge in [0.05, 0.1) is 4.90 Å². The van der Waals surface area contributed by atoms with Crippen molar-refractivity contribution in [1.82, 2.24) is 0 Å². The largest absolute Gasteiger partial charge is 0.508 e. The number of halogens is 2. The van der Waals surface area contributed by atoms with Gasteiger partial charge in [-0.1, -0.05) is 42.5 Å². The van der Waals surface area contributed by atoms with Crippen LogP contribution in [0, 0.1) is 11.6 Å². The molecule has 0 fully saturated rings. The Kier molecular flexibility index (Phi) is 6.11. The number of phenols is 2. The van der Waals surface area contributed by atoms with Crippen molar-refractivity contribution < 1.29 is 31.0 Å². The van der Waals surface area contributed by atoms with Crippen LogP contribution in [0.1, 0.15) is 0 Å². The molecular formula is C24H18F2O5S2. The van der Waals surface area contributed by atoms with Gasteiger partial charge in [-0.15, -0.1) is 0 Å². The van der Waals surface area contributed by atoms with Crippen molar-refractivity contribution >= 4 is 20.4 Å². The number of phenolic OH excluding ortho intramolecular Hbond substituents is 2. The second-order valence-electron chi connectivity index (χ2n) is 6.91. The molecule has 33 heavy (non-hydrogen) atoms. The molecule has 9 heteroatoms. The van der Waals surface area contributed by atoms with Crippen LogP contribution in [0.3, 0.4) is 0 Å². The van der Waals surface area contributed by atoms with Gasteiger partial charge < -0.3 is 10.2 Å². The van der Waals surface area contributed by atoms with Crippen molar-refractivity contribution in [1.29, 1.82) is 0 Å². The van der Waals surface area contributed by atoms with Gasteiger partial charge in [0.1, 0.15) is 23.1 Å². The molecule has 0 atom stereocenters. The molecule has 170 valence electrons. The van der Waals surface area contributed by atoms with Crippen LogP contribution < -0.4 is 0 Å². The highest BCUT2D eigenvalue weighted by molar-refractivity contribution is 8.33.